The van der Waals surface area contributed by atoms with Gasteiger partial charge in [-0.15, -0.1) is 0 Å². The zero-order valence-electron chi connectivity index (χ0n) is 10.2. The third kappa shape index (κ3) is 2.44. The standard InChI is InChI=1S/C14H17BrN2O/c15-13-5-12(6-16-8-13)14(18)17-7-11-4-9-1-2-10(11)3-9/h5-6,8-11H,1-4,7H2,(H,17,18). The number of aromatic nitrogens is 1. The minimum atomic E-state index is -0.00780. The van der Waals surface area contributed by atoms with Crippen LogP contribution in [0.4, 0.5) is 0 Å². The molecule has 3 atom stereocenters. The van der Waals surface area contributed by atoms with Gasteiger partial charge in [0.25, 0.3) is 5.91 Å². The van der Waals surface area contributed by atoms with Crippen molar-refractivity contribution in [2.75, 3.05) is 6.54 Å². The van der Waals surface area contributed by atoms with Crippen molar-refractivity contribution in [1.29, 1.82) is 0 Å². The molecule has 96 valence electrons. The molecule has 2 aliphatic carbocycles. The molecule has 3 unspecified atom stereocenters. The minimum absolute atomic E-state index is 0.00780. The third-order valence-electron chi connectivity index (χ3n) is 4.38. The molecule has 1 aromatic heterocycles. The average molecular weight is 309 g/mol. The van der Waals surface area contributed by atoms with Crippen LogP contribution in [-0.4, -0.2) is 17.4 Å². The van der Waals surface area contributed by atoms with E-state index in [0.717, 1.165) is 22.9 Å². The summed E-state index contributed by atoms with van der Waals surface area (Å²) in [7, 11) is 0. The van der Waals surface area contributed by atoms with Crippen LogP contribution in [0, 0.1) is 17.8 Å². The normalized spacial score (nSPS) is 29.5. The van der Waals surface area contributed by atoms with Crippen LogP contribution in [-0.2, 0) is 0 Å². The molecule has 0 aliphatic heterocycles. The van der Waals surface area contributed by atoms with E-state index in [1.165, 1.54) is 25.7 Å². The summed E-state index contributed by atoms with van der Waals surface area (Å²) in [6, 6.07) is 1.81. The lowest BCUT2D eigenvalue weighted by Crippen LogP contribution is -2.31. The Kier molecular flexibility index (Phi) is 3.37. The van der Waals surface area contributed by atoms with Crippen molar-refractivity contribution in [2.24, 2.45) is 17.8 Å². The molecule has 1 heterocycles. The zero-order chi connectivity index (χ0) is 12.5. The van der Waals surface area contributed by atoms with Gasteiger partial charge in [-0.05, 0) is 59.0 Å². The quantitative estimate of drug-likeness (QED) is 0.932. The first-order valence-electron chi connectivity index (χ1n) is 6.61. The van der Waals surface area contributed by atoms with Gasteiger partial charge in [-0.1, -0.05) is 6.42 Å². The molecule has 1 aromatic rings. The first-order valence-corrected chi connectivity index (χ1v) is 7.40. The van der Waals surface area contributed by atoms with E-state index < -0.39 is 0 Å². The van der Waals surface area contributed by atoms with E-state index in [9.17, 15) is 4.79 Å². The molecule has 0 saturated heterocycles. The maximum atomic E-state index is 12.0. The fourth-order valence-corrected chi connectivity index (χ4v) is 3.85. The Morgan fingerprint density at radius 2 is 2.28 bits per heavy atom. The number of nitrogens with zero attached hydrogens (tertiary/aromatic N) is 1. The van der Waals surface area contributed by atoms with Crippen LogP contribution in [0.2, 0.25) is 0 Å². The van der Waals surface area contributed by atoms with E-state index in [2.05, 4.69) is 26.2 Å². The lowest BCUT2D eigenvalue weighted by atomic mass is 9.89. The van der Waals surface area contributed by atoms with Gasteiger partial charge in [0, 0.05) is 23.4 Å². The highest BCUT2D eigenvalue weighted by atomic mass is 79.9. The van der Waals surface area contributed by atoms with E-state index in [1.54, 1.807) is 12.4 Å². The number of fused-ring (bicyclic) bond motifs is 2. The second-order valence-corrected chi connectivity index (χ2v) is 6.45. The lowest BCUT2D eigenvalue weighted by molar-refractivity contribution is 0.0941. The average Bonchev–Trinajstić information content (AvgIpc) is 2.98. The fraction of sp³-hybridized carbons (Fsp3) is 0.571. The Morgan fingerprint density at radius 3 is 2.94 bits per heavy atom. The second-order valence-electron chi connectivity index (χ2n) is 5.54. The van der Waals surface area contributed by atoms with Crippen LogP contribution < -0.4 is 5.32 Å². The van der Waals surface area contributed by atoms with Crippen molar-refractivity contribution in [3.8, 4) is 0 Å². The van der Waals surface area contributed by atoms with E-state index in [1.807, 2.05) is 6.07 Å². The molecule has 0 radical (unpaired) electrons. The number of amides is 1. The minimum Gasteiger partial charge on any atom is -0.352 e. The molecule has 0 aromatic carbocycles. The van der Waals surface area contributed by atoms with E-state index in [4.69, 9.17) is 0 Å². The Balaban J connectivity index is 1.56. The summed E-state index contributed by atoms with van der Waals surface area (Å²) >= 11 is 3.33. The lowest BCUT2D eigenvalue weighted by Gasteiger charge is -2.21. The first-order chi connectivity index (χ1) is 8.72. The fourth-order valence-electron chi connectivity index (χ4n) is 3.49. The summed E-state index contributed by atoms with van der Waals surface area (Å²) in [6.07, 6.45) is 8.77. The number of hydrogen-bond donors (Lipinski definition) is 1. The molecule has 2 aliphatic rings. The highest BCUT2D eigenvalue weighted by Crippen LogP contribution is 2.47. The van der Waals surface area contributed by atoms with Crippen molar-refractivity contribution in [3.05, 3.63) is 28.5 Å². The molecule has 3 nitrogen and oxygen atoms in total. The molecule has 1 N–H and O–H groups in total. The monoisotopic (exact) mass is 308 g/mol. The predicted octanol–water partition coefficient (Wildman–Crippen LogP) is 3.01. The Hall–Kier alpha value is -0.900. The van der Waals surface area contributed by atoms with Crippen molar-refractivity contribution in [3.63, 3.8) is 0 Å². The smallest absolute Gasteiger partial charge is 0.252 e. The molecular formula is C14H17BrN2O. The van der Waals surface area contributed by atoms with Gasteiger partial charge in [-0.25, -0.2) is 0 Å². The molecule has 18 heavy (non-hydrogen) atoms. The van der Waals surface area contributed by atoms with Crippen LogP contribution in [0.25, 0.3) is 0 Å². The van der Waals surface area contributed by atoms with E-state index in [0.29, 0.717) is 11.5 Å². The molecule has 2 saturated carbocycles. The van der Waals surface area contributed by atoms with Gasteiger partial charge in [0.1, 0.15) is 0 Å². The zero-order valence-corrected chi connectivity index (χ0v) is 11.8. The number of pyridine rings is 1. The number of carbonyl (C=O) groups excluding carboxylic acids is 1. The Bertz CT molecular complexity index is 463. The molecule has 2 bridgehead atoms. The van der Waals surface area contributed by atoms with Gasteiger partial charge < -0.3 is 5.32 Å². The summed E-state index contributed by atoms with van der Waals surface area (Å²) in [4.78, 5) is 16.0. The maximum absolute atomic E-state index is 12.0. The summed E-state index contributed by atoms with van der Waals surface area (Å²) in [5.74, 6) is 2.49. The van der Waals surface area contributed by atoms with Crippen molar-refractivity contribution in [1.82, 2.24) is 10.3 Å². The van der Waals surface area contributed by atoms with Crippen LogP contribution in [0.3, 0.4) is 0 Å². The highest BCUT2D eigenvalue weighted by Gasteiger charge is 2.39. The molecule has 4 heteroatoms. The van der Waals surface area contributed by atoms with Gasteiger partial charge in [-0.3, -0.25) is 9.78 Å². The molecule has 1 amide bonds. The first kappa shape index (κ1) is 12.2. The summed E-state index contributed by atoms with van der Waals surface area (Å²) in [6.45, 7) is 0.826. The largest absolute Gasteiger partial charge is 0.352 e. The molecule has 2 fully saturated rings. The van der Waals surface area contributed by atoms with Gasteiger partial charge in [-0.2, -0.15) is 0 Å². The van der Waals surface area contributed by atoms with Crippen molar-refractivity contribution in [2.45, 2.75) is 25.7 Å². The molecule has 3 rings (SSSR count). The number of hydrogen-bond acceptors (Lipinski definition) is 2. The topological polar surface area (TPSA) is 42.0 Å². The second kappa shape index (κ2) is 5.00. The summed E-state index contributed by atoms with van der Waals surface area (Å²) in [5, 5.41) is 3.05. The maximum Gasteiger partial charge on any atom is 0.252 e. The van der Waals surface area contributed by atoms with E-state index >= 15 is 0 Å². The van der Waals surface area contributed by atoms with Crippen LogP contribution in [0.5, 0.6) is 0 Å². The summed E-state index contributed by atoms with van der Waals surface area (Å²) < 4.78 is 0.843. The number of carbonyl (C=O) groups is 1. The van der Waals surface area contributed by atoms with Crippen molar-refractivity contribution < 1.29 is 4.79 Å². The van der Waals surface area contributed by atoms with Crippen LogP contribution in [0.1, 0.15) is 36.0 Å². The molecule has 0 spiro atoms. The Morgan fingerprint density at radius 1 is 1.39 bits per heavy atom. The Labute approximate surface area is 116 Å². The van der Waals surface area contributed by atoms with Gasteiger partial charge in [0.2, 0.25) is 0 Å². The van der Waals surface area contributed by atoms with E-state index in [-0.39, 0.29) is 5.91 Å². The molecular weight excluding hydrogens is 292 g/mol. The van der Waals surface area contributed by atoms with Gasteiger partial charge >= 0.3 is 0 Å². The summed E-state index contributed by atoms with van der Waals surface area (Å²) in [5.41, 5.74) is 0.632. The van der Waals surface area contributed by atoms with Gasteiger partial charge in [0.15, 0.2) is 0 Å². The van der Waals surface area contributed by atoms with Crippen LogP contribution >= 0.6 is 15.9 Å². The number of rotatable bonds is 3. The van der Waals surface area contributed by atoms with Crippen molar-refractivity contribution >= 4 is 21.8 Å². The van der Waals surface area contributed by atoms with Crippen LogP contribution in [0.15, 0.2) is 22.9 Å². The SMILES string of the molecule is O=C(NCC1CC2CCC1C2)c1cncc(Br)c1. The highest BCUT2D eigenvalue weighted by molar-refractivity contribution is 9.10. The third-order valence-corrected chi connectivity index (χ3v) is 4.81. The number of halogens is 1. The van der Waals surface area contributed by atoms with Gasteiger partial charge in [0.05, 0.1) is 5.56 Å². The number of nitrogens with one attached hydrogen (secondary N) is 1. The predicted molar refractivity (Wildman–Crippen MR) is 73.2 cm³/mol.